The third-order valence-corrected chi connectivity index (χ3v) is 4.66. The molecule has 0 aromatic carbocycles. The Hall–Kier alpha value is -0.620. The zero-order chi connectivity index (χ0) is 9.97. The number of rotatable bonds is 1. The molecule has 0 spiro atoms. The Kier molecular flexibility index (Phi) is 3.02. The number of hydrogen-bond acceptors (Lipinski definition) is 5. The molecule has 0 amide bonds. The molecular formula is C8H11N3OS2. The average Bonchev–Trinajstić information content (AvgIpc) is 2.18. The second-order valence-electron chi connectivity index (χ2n) is 2.99. The number of nitrogen functional groups attached to an aromatic ring is 1. The molecule has 0 saturated carbocycles. The van der Waals surface area contributed by atoms with Crippen molar-refractivity contribution in [2.45, 2.75) is 5.25 Å². The number of aromatic nitrogens is 2. The fourth-order valence-electron chi connectivity index (χ4n) is 1.29. The molecule has 0 radical (unpaired) electrons. The Morgan fingerprint density at radius 1 is 1.57 bits per heavy atom. The van der Waals surface area contributed by atoms with Crippen LogP contribution in [-0.4, -0.2) is 27.2 Å². The molecule has 6 heteroatoms. The van der Waals surface area contributed by atoms with Gasteiger partial charge in [0.05, 0.1) is 5.25 Å². The molecule has 1 aromatic rings. The second-order valence-corrected chi connectivity index (χ2v) is 5.45. The van der Waals surface area contributed by atoms with Crippen LogP contribution in [0.4, 0.5) is 5.82 Å². The summed E-state index contributed by atoms with van der Waals surface area (Å²) in [5, 5.41) is 0.282. The monoisotopic (exact) mass is 229 g/mol. The summed E-state index contributed by atoms with van der Waals surface area (Å²) in [5.41, 5.74) is 5.36. The minimum Gasteiger partial charge on any atom is -0.383 e. The van der Waals surface area contributed by atoms with Crippen LogP contribution in [0.2, 0.25) is 0 Å². The lowest BCUT2D eigenvalue weighted by Crippen LogP contribution is -2.17. The minimum absolute atomic E-state index is 0.163. The number of nitrogens with two attached hydrogens (primary N) is 1. The summed E-state index contributed by atoms with van der Waals surface area (Å²) >= 11 is 3.71. The first-order valence-electron chi connectivity index (χ1n) is 4.32. The van der Waals surface area contributed by atoms with Crippen LogP contribution in [0.25, 0.3) is 0 Å². The van der Waals surface area contributed by atoms with Gasteiger partial charge in [-0.15, -0.1) is 11.8 Å². The average molecular weight is 229 g/mol. The van der Waals surface area contributed by atoms with E-state index in [2.05, 4.69) is 9.97 Å². The Bertz CT molecular complexity index is 373. The fourth-order valence-corrected chi connectivity index (χ4v) is 3.92. The van der Waals surface area contributed by atoms with Crippen LogP contribution in [0, 0.1) is 0 Å². The van der Waals surface area contributed by atoms with E-state index in [0.29, 0.717) is 11.6 Å². The molecule has 3 N–H and O–H groups in total. The van der Waals surface area contributed by atoms with Crippen LogP contribution in [-0.2, 0) is 0 Å². The molecule has 1 aliphatic rings. The van der Waals surface area contributed by atoms with E-state index in [0.717, 1.165) is 11.5 Å². The van der Waals surface area contributed by atoms with Gasteiger partial charge in [-0.25, -0.2) is 4.98 Å². The van der Waals surface area contributed by atoms with E-state index >= 15 is 0 Å². The Morgan fingerprint density at radius 3 is 3.07 bits per heavy atom. The Morgan fingerprint density at radius 2 is 2.43 bits per heavy atom. The van der Waals surface area contributed by atoms with Crippen molar-refractivity contribution >= 4 is 29.3 Å². The SMILES string of the molecule is Nc1cc(=O)[nH]c(C2CSCCS2)n1. The highest BCUT2D eigenvalue weighted by Crippen LogP contribution is 2.34. The molecule has 0 bridgehead atoms. The van der Waals surface area contributed by atoms with Crippen LogP contribution in [0.1, 0.15) is 11.1 Å². The summed E-state index contributed by atoms with van der Waals surface area (Å²) in [6.07, 6.45) is 0. The maximum atomic E-state index is 11.2. The van der Waals surface area contributed by atoms with Gasteiger partial charge >= 0.3 is 0 Å². The first kappa shape index (κ1) is 9.92. The summed E-state index contributed by atoms with van der Waals surface area (Å²) in [6, 6.07) is 1.31. The van der Waals surface area contributed by atoms with Gasteiger partial charge < -0.3 is 10.7 Å². The number of H-pyrrole nitrogens is 1. The van der Waals surface area contributed by atoms with E-state index in [1.807, 2.05) is 23.5 Å². The van der Waals surface area contributed by atoms with E-state index in [1.165, 1.54) is 11.8 Å². The van der Waals surface area contributed by atoms with E-state index in [9.17, 15) is 4.79 Å². The molecule has 76 valence electrons. The predicted molar refractivity (Wildman–Crippen MR) is 61.8 cm³/mol. The van der Waals surface area contributed by atoms with Crippen molar-refractivity contribution in [3.05, 3.63) is 22.2 Å². The van der Waals surface area contributed by atoms with Gasteiger partial charge in [-0.1, -0.05) is 0 Å². The summed E-state index contributed by atoms with van der Waals surface area (Å²) in [7, 11) is 0. The molecule has 1 unspecified atom stereocenters. The van der Waals surface area contributed by atoms with Gasteiger partial charge in [-0.3, -0.25) is 4.79 Å². The second kappa shape index (κ2) is 4.27. The highest BCUT2D eigenvalue weighted by atomic mass is 32.2. The van der Waals surface area contributed by atoms with Crippen LogP contribution < -0.4 is 11.3 Å². The zero-order valence-electron chi connectivity index (χ0n) is 7.53. The van der Waals surface area contributed by atoms with Gasteiger partial charge in [0.25, 0.3) is 5.56 Å². The number of aromatic amines is 1. The van der Waals surface area contributed by atoms with Crippen molar-refractivity contribution in [1.82, 2.24) is 9.97 Å². The van der Waals surface area contributed by atoms with Crippen molar-refractivity contribution in [2.24, 2.45) is 0 Å². The van der Waals surface area contributed by atoms with Crippen molar-refractivity contribution in [3.63, 3.8) is 0 Å². The summed E-state index contributed by atoms with van der Waals surface area (Å²) in [5.74, 6) is 4.30. The third kappa shape index (κ3) is 2.24. The predicted octanol–water partition coefficient (Wildman–Crippen LogP) is 0.873. The third-order valence-electron chi connectivity index (χ3n) is 1.90. The topological polar surface area (TPSA) is 71.8 Å². The van der Waals surface area contributed by atoms with E-state index in [4.69, 9.17) is 5.73 Å². The van der Waals surface area contributed by atoms with Crippen LogP contribution in [0.3, 0.4) is 0 Å². The van der Waals surface area contributed by atoms with Crippen LogP contribution in [0.15, 0.2) is 10.9 Å². The van der Waals surface area contributed by atoms with E-state index in [1.54, 1.807) is 0 Å². The maximum Gasteiger partial charge on any atom is 0.253 e. The van der Waals surface area contributed by atoms with E-state index < -0.39 is 0 Å². The Labute approximate surface area is 90.1 Å². The lowest BCUT2D eigenvalue weighted by atomic mass is 10.4. The fraction of sp³-hybridized carbons (Fsp3) is 0.500. The lowest BCUT2D eigenvalue weighted by molar-refractivity contribution is 0.911. The largest absolute Gasteiger partial charge is 0.383 e. The van der Waals surface area contributed by atoms with E-state index in [-0.39, 0.29) is 10.8 Å². The summed E-state index contributed by atoms with van der Waals surface area (Å²) in [6.45, 7) is 0. The number of nitrogens with zero attached hydrogens (tertiary/aromatic N) is 1. The summed E-state index contributed by atoms with van der Waals surface area (Å²) in [4.78, 5) is 18.0. The van der Waals surface area contributed by atoms with Gasteiger partial charge in [0.1, 0.15) is 11.6 Å². The van der Waals surface area contributed by atoms with Crippen molar-refractivity contribution in [2.75, 3.05) is 23.0 Å². The molecule has 14 heavy (non-hydrogen) atoms. The normalized spacial score (nSPS) is 22.1. The quantitative estimate of drug-likeness (QED) is 0.747. The molecule has 2 heterocycles. The number of anilines is 1. The van der Waals surface area contributed by atoms with Crippen molar-refractivity contribution in [3.8, 4) is 0 Å². The van der Waals surface area contributed by atoms with Gasteiger partial charge in [0.15, 0.2) is 0 Å². The van der Waals surface area contributed by atoms with Crippen molar-refractivity contribution in [1.29, 1.82) is 0 Å². The molecular weight excluding hydrogens is 218 g/mol. The van der Waals surface area contributed by atoms with Gasteiger partial charge in [0, 0.05) is 23.3 Å². The van der Waals surface area contributed by atoms with Gasteiger partial charge in [-0.05, 0) is 0 Å². The Balaban J connectivity index is 2.26. The molecule has 2 rings (SSSR count). The van der Waals surface area contributed by atoms with Crippen LogP contribution in [0.5, 0.6) is 0 Å². The number of hydrogen-bond donors (Lipinski definition) is 2. The van der Waals surface area contributed by atoms with Gasteiger partial charge in [-0.2, -0.15) is 11.8 Å². The molecule has 1 fully saturated rings. The van der Waals surface area contributed by atoms with Gasteiger partial charge in [0.2, 0.25) is 0 Å². The first-order chi connectivity index (χ1) is 6.75. The smallest absolute Gasteiger partial charge is 0.253 e. The minimum atomic E-state index is -0.163. The van der Waals surface area contributed by atoms with Crippen molar-refractivity contribution < 1.29 is 0 Å². The standard InChI is InChI=1S/C8H11N3OS2/c9-6-3-7(12)11-8(10-6)5-4-13-1-2-14-5/h3,5H,1-2,4H2,(H3,9,10,11,12). The first-order valence-corrected chi connectivity index (χ1v) is 6.52. The molecule has 0 aliphatic carbocycles. The molecule has 1 aliphatic heterocycles. The summed E-state index contributed by atoms with van der Waals surface area (Å²) < 4.78 is 0. The molecule has 1 atom stereocenters. The molecule has 1 saturated heterocycles. The number of nitrogens with one attached hydrogen (secondary N) is 1. The maximum absolute atomic E-state index is 11.2. The molecule has 4 nitrogen and oxygen atoms in total. The number of thioether (sulfide) groups is 2. The zero-order valence-corrected chi connectivity index (χ0v) is 9.16. The highest BCUT2D eigenvalue weighted by molar-refractivity contribution is 8.06. The lowest BCUT2D eigenvalue weighted by Gasteiger charge is -2.19. The van der Waals surface area contributed by atoms with Crippen LogP contribution >= 0.6 is 23.5 Å². The molecule has 1 aromatic heterocycles. The highest BCUT2D eigenvalue weighted by Gasteiger charge is 2.18.